The van der Waals surface area contributed by atoms with Crippen LogP contribution in [0, 0.1) is 0 Å². The number of quaternary nitrogens is 1. The van der Waals surface area contributed by atoms with Crippen LogP contribution in [0.25, 0.3) is 0 Å². The Kier molecular flexibility index (Phi) is 6.21. The van der Waals surface area contributed by atoms with E-state index >= 15 is 0 Å². The molecule has 0 bridgehead atoms. The Bertz CT molecular complexity index is 813. The molecule has 3 aromatic rings. The van der Waals surface area contributed by atoms with Crippen LogP contribution < -0.4 is 10.6 Å². The lowest BCUT2D eigenvalue weighted by molar-refractivity contribution is -0.703. The van der Waals surface area contributed by atoms with Gasteiger partial charge in [0, 0.05) is 11.3 Å². The summed E-state index contributed by atoms with van der Waals surface area (Å²) in [4.78, 5) is 13.9. The van der Waals surface area contributed by atoms with Gasteiger partial charge in [0.05, 0.1) is 4.88 Å². The van der Waals surface area contributed by atoms with E-state index in [0.717, 1.165) is 12.1 Å². The number of hydrogen-bond donors (Lipinski definition) is 2. The molecule has 1 aromatic heterocycles. The average molecular weight is 366 g/mol. The number of hydrogen-bond acceptors (Lipinski definition) is 2. The standard InChI is InChI=1S/C22H24N2OS/c1-3-17-11-13-18(14-12-17)21(20-10-7-15-26-20)23-16(2)22(25)24-19-8-5-4-6-9-19/h4-16,21,23H,3H2,1-2H3,(H,24,25)/p+1/t16-,21-/m0/s1. The van der Waals surface area contributed by atoms with Gasteiger partial charge in [-0.2, -0.15) is 0 Å². The number of amides is 1. The molecular formula is C22H25N2OS+. The summed E-state index contributed by atoms with van der Waals surface area (Å²) >= 11 is 1.73. The molecule has 0 radical (unpaired) electrons. The second-order valence-electron chi connectivity index (χ2n) is 6.42. The SMILES string of the molecule is CCc1ccc([C@H]([NH2+][C@@H](C)C(=O)Nc2ccccc2)c2cccs2)cc1. The maximum absolute atomic E-state index is 12.6. The van der Waals surface area contributed by atoms with E-state index in [1.165, 1.54) is 16.0 Å². The second-order valence-corrected chi connectivity index (χ2v) is 7.40. The number of carbonyl (C=O) groups is 1. The van der Waals surface area contributed by atoms with E-state index in [2.05, 4.69) is 59.3 Å². The van der Waals surface area contributed by atoms with Crippen molar-refractivity contribution >= 4 is 22.9 Å². The molecule has 0 unspecified atom stereocenters. The predicted octanol–water partition coefficient (Wildman–Crippen LogP) is 3.99. The number of anilines is 1. The van der Waals surface area contributed by atoms with Gasteiger partial charge in [0.25, 0.3) is 5.91 Å². The first kappa shape index (κ1) is 18.4. The molecule has 1 amide bonds. The van der Waals surface area contributed by atoms with Gasteiger partial charge in [-0.1, -0.05) is 55.5 Å². The van der Waals surface area contributed by atoms with E-state index in [1.54, 1.807) is 11.3 Å². The summed E-state index contributed by atoms with van der Waals surface area (Å²) in [6.07, 6.45) is 1.03. The minimum absolute atomic E-state index is 0.0166. The van der Waals surface area contributed by atoms with Crippen molar-refractivity contribution in [2.45, 2.75) is 32.4 Å². The van der Waals surface area contributed by atoms with Crippen LogP contribution in [0.4, 0.5) is 5.69 Å². The fourth-order valence-electron chi connectivity index (χ4n) is 2.95. The summed E-state index contributed by atoms with van der Waals surface area (Å²) in [6.45, 7) is 4.12. The van der Waals surface area contributed by atoms with Gasteiger partial charge in [-0.3, -0.25) is 4.79 Å². The molecule has 0 fully saturated rings. The molecule has 3 nitrogen and oxygen atoms in total. The van der Waals surface area contributed by atoms with Crippen molar-refractivity contribution in [1.29, 1.82) is 0 Å². The molecule has 1 heterocycles. The van der Waals surface area contributed by atoms with Crippen molar-refractivity contribution in [3.8, 4) is 0 Å². The molecule has 0 aliphatic rings. The lowest BCUT2D eigenvalue weighted by atomic mass is 10.0. The lowest BCUT2D eigenvalue weighted by Crippen LogP contribution is -2.92. The summed E-state index contributed by atoms with van der Waals surface area (Å²) < 4.78 is 0. The molecule has 2 aromatic carbocycles. The van der Waals surface area contributed by atoms with Crippen LogP contribution in [-0.2, 0) is 11.2 Å². The Morgan fingerprint density at radius 2 is 1.77 bits per heavy atom. The third-order valence-electron chi connectivity index (χ3n) is 4.53. The number of carbonyl (C=O) groups excluding carboxylic acids is 1. The Labute approximate surface area is 159 Å². The number of rotatable bonds is 7. The number of benzene rings is 2. The monoisotopic (exact) mass is 365 g/mol. The number of para-hydroxylation sites is 1. The Hall–Kier alpha value is -2.43. The van der Waals surface area contributed by atoms with Gasteiger partial charge < -0.3 is 10.6 Å². The van der Waals surface area contributed by atoms with Gasteiger partial charge in [-0.15, -0.1) is 11.3 Å². The van der Waals surface area contributed by atoms with Crippen molar-refractivity contribution in [3.05, 3.63) is 88.1 Å². The van der Waals surface area contributed by atoms with Crippen LogP contribution in [0.15, 0.2) is 72.1 Å². The van der Waals surface area contributed by atoms with Crippen molar-refractivity contribution in [3.63, 3.8) is 0 Å². The predicted molar refractivity (Wildman–Crippen MR) is 108 cm³/mol. The minimum Gasteiger partial charge on any atom is -0.326 e. The van der Waals surface area contributed by atoms with E-state index in [1.807, 2.05) is 37.3 Å². The Morgan fingerprint density at radius 1 is 1.04 bits per heavy atom. The molecule has 0 aliphatic heterocycles. The first-order valence-corrected chi connectivity index (χ1v) is 9.88. The molecule has 3 rings (SSSR count). The normalized spacial score (nSPS) is 13.2. The molecule has 0 saturated carbocycles. The highest BCUT2D eigenvalue weighted by molar-refractivity contribution is 7.10. The van der Waals surface area contributed by atoms with Crippen LogP contribution >= 0.6 is 11.3 Å². The highest BCUT2D eigenvalue weighted by Gasteiger charge is 2.25. The molecule has 0 spiro atoms. The minimum atomic E-state index is -0.201. The molecule has 2 atom stereocenters. The largest absolute Gasteiger partial charge is 0.326 e. The highest BCUT2D eigenvalue weighted by Crippen LogP contribution is 2.23. The molecule has 134 valence electrons. The first-order valence-electron chi connectivity index (χ1n) is 9.00. The Balaban J connectivity index is 1.75. The second kappa shape index (κ2) is 8.79. The first-order chi connectivity index (χ1) is 12.7. The quantitative estimate of drug-likeness (QED) is 0.653. The van der Waals surface area contributed by atoms with Crippen LogP contribution in [0.1, 0.15) is 35.9 Å². The van der Waals surface area contributed by atoms with E-state index in [-0.39, 0.29) is 18.0 Å². The van der Waals surface area contributed by atoms with Crippen molar-refractivity contribution in [2.75, 3.05) is 5.32 Å². The zero-order chi connectivity index (χ0) is 18.4. The van der Waals surface area contributed by atoms with E-state index < -0.39 is 0 Å². The number of thiophene rings is 1. The van der Waals surface area contributed by atoms with Gasteiger partial charge in [-0.05, 0) is 42.5 Å². The molecule has 26 heavy (non-hydrogen) atoms. The number of aryl methyl sites for hydroxylation is 1. The number of nitrogens with two attached hydrogens (primary N) is 1. The van der Waals surface area contributed by atoms with Gasteiger partial charge in [-0.25, -0.2) is 0 Å². The van der Waals surface area contributed by atoms with E-state index in [4.69, 9.17) is 0 Å². The van der Waals surface area contributed by atoms with E-state index in [0.29, 0.717) is 0 Å². The van der Waals surface area contributed by atoms with Gasteiger partial charge in [0.2, 0.25) is 0 Å². The van der Waals surface area contributed by atoms with Gasteiger partial charge in [0.1, 0.15) is 6.04 Å². The highest BCUT2D eigenvalue weighted by atomic mass is 32.1. The van der Waals surface area contributed by atoms with Crippen LogP contribution in [-0.4, -0.2) is 11.9 Å². The Morgan fingerprint density at radius 3 is 2.38 bits per heavy atom. The van der Waals surface area contributed by atoms with Gasteiger partial charge in [0.15, 0.2) is 6.04 Å². The zero-order valence-corrected chi connectivity index (χ0v) is 16.0. The molecule has 0 aliphatic carbocycles. The molecule has 4 heteroatoms. The molecule has 3 N–H and O–H groups in total. The van der Waals surface area contributed by atoms with Gasteiger partial charge >= 0.3 is 0 Å². The summed E-state index contributed by atoms with van der Waals surface area (Å²) in [5.41, 5.74) is 3.38. The number of nitrogens with one attached hydrogen (secondary N) is 1. The summed E-state index contributed by atoms with van der Waals surface area (Å²) in [5.74, 6) is 0.0166. The van der Waals surface area contributed by atoms with Crippen molar-refractivity contribution < 1.29 is 10.1 Å². The van der Waals surface area contributed by atoms with Crippen LogP contribution in [0.3, 0.4) is 0 Å². The molecular weight excluding hydrogens is 340 g/mol. The summed E-state index contributed by atoms with van der Waals surface area (Å²) in [5, 5.41) is 7.23. The lowest BCUT2D eigenvalue weighted by Gasteiger charge is -2.19. The average Bonchev–Trinajstić information content (AvgIpc) is 3.21. The fourth-order valence-corrected chi connectivity index (χ4v) is 3.79. The van der Waals surface area contributed by atoms with Crippen molar-refractivity contribution in [1.82, 2.24) is 0 Å². The third-order valence-corrected chi connectivity index (χ3v) is 5.49. The molecule has 0 saturated heterocycles. The fraction of sp³-hybridized carbons (Fsp3) is 0.227. The maximum atomic E-state index is 12.6. The van der Waals surface area contributed by atoms with Crippen LogP contribution in [0.2, 0.25) is 0 Å². The summed E-state index contributed by atoms with van der Waals surface area (Å²) in [6, 6.07) is 22.5. The topological polar surface area (TPSA) is 45.7 Å². The van der Waals surface area contributed by atoms with E-state index in [9.17, 15) is 4.79 Å². The van der Waals surface area contributed by atoms with Crippen LogP contribution in [0.5, 0.6) is 0 Å². The third kappa shape index (κ3) is 4.59. The van der Waals surface area contributed by atoms with Crippen molar-refractivity contribution in [2.24, 2.45) is 0 Å². The smallest absolute Gasteiger partial charge is 0.282 e. The summed E-state index contributed by atoms with van der Waals surface area (Å²) in [7, 11) is 0. The zero-order valence-electron chi connectivity index (χ0n) is 15.2. The maximum Gasteiger partial charge on any atom is 0.282 e.